The van der Waals surface area contributed by atoms with Crippen molar-refractivity contribution in [1.82, 2.24) is 20.5 Å². The van der Waals surface area contributed by atoms with Crippen LogP contribution in [0.1, 0.15) is 36.5 Å². The van der Waals surface area contributed by atoms with Gasteiger partial charge in [-0.05, 0) is 55.6 Å². The van der Waals surface area contributed by atoms with Gasteiger partial charge in [0, 0.05) is 31.2 Å². The fourth-order valence-electron chi connectivity index (χ4n) is 3.95. The lowest BCUT2D eigenvalue weighted by atomic mass is 10.1. The molecule has 156 valence electrons. The lowest BCUT2D eigenvalue weighted by Crippen LogP contribution is -2.36. The van der Waals surface area contributed by atoms with E-state index in [1.165, 1.54) is 42.6 Å². The minimum absolute atomic E-state index is 0.660. The molecule has 0 saturated carbocycles. The Morgan fingerprint density at radius 3 is 2.53 bits per heavy atom. The van der Waals surface area contributed by atoms with Crippen molar-refractivity contribution in [3.8, 4) is 0 Å². The smallest absolute Gasteiger partial charge is 0.191 e. The summed E-state index contributed by atoms with van der Waals surface area (Å²) in [6.07, 6.45) is 4.52. The molecule has 1 aromatic heterocycles. The van der Waals surface area contributed by atoms with E-state index in [4.69, 9.17) is 4.99 Å². The molecule has 0 spiro atoms. The van der Waals surface area contributed by atoms with Crippen LogP contribution < -0.4 is 10.6 Å². The number of guanidine groups is 1. The molecule has 1 saturated heterocycles. The maximum absolute atomic E-state index is 4.78. The van der Waals surface area contributed by atoms with Gasteiger partial charge in [-0.2, -0.15) is 0 Å². The van der Waals surface area contributed by atoms with Crippen LogP contribution in [0.2, 0.25) is 0 Å². The van der Waals surface area contributed by atoms with Gasteiger partial charge in [-0.1, -0.05) is 48.5 Å². The van der Waals surface area contributed by atoms with Gasteiger partial charge in [0.25, 0.3) is 0 Å². The first-order valence-electron chi connectivity index (χ1n) is 11.0. The third-order valence-electron chi connectivity index (χ3n) is 5.55. The highest BCUT2D eigenvalue weighted by Gasteiger charge is 2.11. The highest BCUT2D eigenvalue weighted by Crippen LogP contribution is 2.16. The molecular formula is C25H31N5. The minimum Gasteiger partial charge on any atom is -0.357 e. The van der Waals surface area contributed by atoms with E-state index in [1.807, 2.05) is 12.3 Å². The Morgan fingerprint density at radius 1 is 0.967 bits per heavy atom. The van der Waals surface area contributed by atoms with E-state index in [-0.39, 0.29) is 0 Å². The minimum atomic E-state index is 0.660. The molecule has 2 aromatic carbocycles. The number of nitrogens with zero attached hydrogens (tertiary/aromatic N) is 3. The number of pyridine rings is 1. The van der Waals surface area contributed by atoms with E-state index < -0.39 is 0 Å². The second-order valence-electron chi connectivity index (χ2n) is 7.84. The summed E-state index contributed by atoms with van der Waals surface area (Å²) in [5.74, 6) is 0.826. The Bertz CT molecular complexity index is 969. The van der Waals surface area contributed by atoms with Crippen molar-refractivity contribution in [2.75, 3.05) is 19.6 Å². The van der Waals surface area contributed by atoms with Crippen LogP contribution in [-0.4, -0.2) is 35.5 Å². The summed E-state index contributed by atoms with van der Waals surface area (Å²) in [5.41, 5.74) is 4.82. The Balaban J connectivity index is 1.37. The van der Waals surface area contributed by atoms with Crippen molar-refractivity contribution in [3.05, 3.63) is 77.5 Å². The molecule has 2 heterocycles. The summed E-state index contributed by atoms with van der Waals surface area (Å²) in [4.78, 5) is 11.8. The van der Waals surface area contributed by atoms with Gasteiger partial charge in [-0.3, -0.25) is 9.88 Å². The number of nitrogens with one attached hydrogen (secondary N) is 2. The highest BCUT2D eigenvalue weighted by atomic mass is 15.2. The van der Waals surface area contributed by atoms with Crippen molar-refractivity contribution in [2.45, 2.75) is 39.4 Å². The SMILES string of the molecule is CCNC(=NCc1ccc(CN2CCCC2)cc1)NCc1cccc2cccnc12. The monoisotopic (exact) mass is 401 g/mol. The summed E-state index contributed by atoms with van der Waals surface area (Å²) < 4.78 is 0. The first-order chi connectivity index (χ1) is 14.8. The second kappa shape index (κ2) is 10.2. The number of aromatic nitrogens is 1. The molecule has 1 aliphatic heterocycles. The molecule has 1 aliphatic rings. The predicted octanol–water partition coefficient (Wildman–Crippen LogP) is 4.09. The van der Waals surface area contributed by atoms with Gasteiger partial charge in [0.2, 0.25) is 0 Å². The number of hydrogen-bond donors (Lipinski definition) is 2. The molecule has 30 heavy (non-hydrogen) atoms. The zero-order chi connectivity index (χ0) is 20.6. The van der Waals surface area contributed by atoms with Gasteiger partial charge in [-0.25, -0.2) is 4.99 Å². The summed E-state index contributed by atoms with van der Waals surface area (Å²) in [7, 11) is 0. The highest BCUT2D eigenvalue weighted by molar-refractivity contribution is 5.83. The third kappa shape index (κ3) is 5.36. The van der Waals surface area contributed by atoms with Crippen LogP contribution in [0.4, 0.5) is 0 Å². The molecule has 0 unspecified atom stereocenters. The molecule has 0 bridgehead atoms. The molecule has 0 amide bonds. The van der Waals surface area contributed by atoms with Crippen LogP contribution in [-0.2, 0) is 19.6 Å². The summed E-state index contributed by atoms with van der Waals surface area (Å²) in [6.45, 7) is 7.79. The molecule has 0 aliphatic carbocycles. The molecule has 3 aromatic rings. The van der Waals surface area contributed by atoms with Crippen LogP contribution in [0.25, 0.3) is 10.9 Å². The van der Waals surface area contributed by atoms with E-state index >= 15 is 0 Å². The summed E-state index contributed by atoms with van der Waals surface area (Å²) in [6, 6.07) is 19.2. The summed E-state index contributed by atoms with van der Waals surface area (Å²) in [5, 5.41) is 7.95. The number of rotatable bonds is 7. The Kier molecular flexibility index (Phi) is 6.93. The van der Waals surface area contributed by atoms with Gasteiger partial charge in [0.15, 0.2) is 5.96 Å². The van der Waals surface area contributed by atoms with E-state index in [2.05, 4.69) is 76.0 Å². The molecule has 2 N–H and O–H groups in total. The average molecular weight is 402 g/mol. The number of likely N-dealkylation sites (tertiary alicyclic amines) is 1. The predicted molar refractivity (Wildman–Crippen MR) is 124 cm³/mol. The maximum Gasteiger partial charge on any atom is 0.191 e. The first-order valence-corrected chi connectivity index (χ1v) is 11.0. The number of benzene rings is 2. The maximum atomic E-state index is 4.78. The molecule has 0 atom stereocenters. The standard InChI is InChI=1S/C25H31N5/c1-2-26-25(29-18-23-8-5-7-22-9-6-14-27-24(22)23)28-17-20-10-12-21(13-11-20)19-30-15-3-4-16-30/h5-14H,2-4,15-19H2,1H3,(H2,26,28,29). The van der Waals surface area contributed by atoms with Gasteiger partial charge >= 0.3 is 0 Å². The van der Waals surface area contributed by atoms with E-state index in [0.29, 0.717) is 13.1 Å². The fraction of sp³-hybridized carbons (Fsp3) is 0.360. The molecule has 0 radical (unpaired) electrons. The van der Waals surface area contributed by atoms with E-state index in [0.717, 1.165) is 30.0 Å². The van der Waals surface area contributed by atoms with Crippen molar-refractivity contribution >= 4 is 16.9 Å². The number of aliphatic imine (C=N–C) groups is 1. The van der Waals surface area contributed by atoms with E-state index in [9.17, 15) is 0 Å². The Labute approximate surface area is 179 Å². The Hall–Kier alpha value is -2.92. The molecule has 4 rings (SSSR count). The lowest BCUT2D eigenvalue weighted by molar-refractivity contribution is 0.331. The Morgan fingerprint density at radius 2 is 1.73 bits per heavy atom. The van der Waals surface area contributed by atoms with Crippen LogP contribution in [0.3, 0.4) is 0 Å². The number of hydrogen-bond acceptors (Lipinski definition) is 3. The zero-order valence-electron chi connectivity index (χ0n) is 17.8. The zero-order valence-corrected chi connectivity index (χ0v) is 17.8. The molecule has 5 nitrogen and oxygen atoms in total. The van der Waals surface area contributed by atoms with Crippen LogP contribution >= 0.6 is 0 Å². The molecule has 5 heteroatoms. The fourth-order valence-corrected chi connectivity index (χ4v) is 3.95. The topological polar surface area (TPSA) is 52.6 Å². The van der Waals surface area contributed by atoms with Crippen molar-refractivity contribution in [3.63, 3.8) is 0 Å². The lowest BCUT2D eigenvalue weighted by Gasteiger charge is -2.15. The van der Waals surface area contributed by atoms with Gasteiger partial charge in [0.1, 0.15) is 0 Å². The van der Waals surface area contributed by atoms with Crippen LogP contribution in [0, 0.1) is 0 Å². The van der Waals surface area contributed by atoms with Gasteiger partial charge in [-0.15, -0.1) is 0 Å². The summed E-state index contributed by atoms with van der Waals surface area (Å²) >= 11 is 0. The van der Waals surface area contributed by atoms with Crippen molar-refractivity contribution in [1.29, 1.82) is 0 Å². The number of para-hydroxylation sites is 1. The van der Waals surface area contributed by atoms with Gasteiger partial charge < -0.3 is 10.6 Å². The quantitative estimate of drug-likeness (QED) is 0.463. The van der Waals surface area contributed by atoms with Crippen molar-refractivity contribution in [2.24, 2.45) is 4.99 Å². The normalized spacial score (nSPS) is 14.9. The third-order valence-corrected chi connectivity index (χ3v) is 5.55. The first kappa shape index (κ1) is 20.4. The van der Waals surface area contributed by atoms with Crippen LogP contribution in [0.15, 0.2) is 65.8 Å². The molecule has 1 fully saturated rings. The number of fused-ring (bicyclic) bond motifs is 1. The second-order valence-corrected chi connectivity index (χ2v) is 7.84. The van der Waals surface area contributed by atoms with Crippen LogP contribution in [0.5, 0.6) is 0 Å². The average Bonchev–Trinajstić information content (AvgIpc) is 3.30. The van der Waals surface area contributed by atoms with E-state index in [1.54, 1.807) is 0 Å². The van der Waals surface area contributed by atoms with Crippen molar-refractivity contribution < 1.29 is 0 Å². The molecular weight excluding hydrogens is 370 g/mol. The van der Waals surface area contributed by atoms with Gasteiger partial charge in [0.05, 0.1) is 12.1 Å². The largest absolute Gasteiger partial charge is 0.357 e.